The van der Waals surface area contributed by atoms with Crippen LogP contribution in [0.1, 0.15) is 121 Å². The Bertz CT molecular complexity index is 1690. The van der Waals surface area contributed by atoms with E-state index in [0.29, 0.717) is 12.8 Å². The van der Waals surface area contributed by atoms with Gasteiger partial charge in [-0.1, -0.05) is 150 Å². The smallest absolute Gasteiger partial charge is 0.313 e. The van der Waals surface area contributed by atoms with Gasteiger partial charge < -0.3 is 18.9 Å². The minimum atomic E-state index is -1.00. The molecule has 0 spiro atoms. The summed E-state index contributed by atoms with van der Waals surface area (Å²) < 4.78 is 23.9. The van der Waals surface area contributed by atoms with Crippen LogP contribution in [0.4, 0.5) is 0 Å². The van der Waals surface area contributed by atoms with Crippen molar-refractivity contribution < 1.29 is 38.1 Å². The predicted octanol–water partition coefficient (Wildman–Crippen LogP) is 9.59. The van der Waals surface area contributed by atoms with E-state index in [1.165, 1.54) is 6.20 Å². The van der Waals surface area contributed by atoms with Crippen LogP contribution in [0.2, 0.25) is 0 Å². The number of unbranched alkanes of at least 4 members (excludes halogenated alkanes) is 8. The molecule has 1 unspecified atom stereocenters. The van der Waals surface area contributed by atoms with Crippen molar-refractivity contribution in [1.29, 1.82) is 0 Å². The number of carbonyl (C=O) groups is 4. The molecule has 1 aromatic heterocycles. The van der Waals surface area contributed by atoms with Crippen molar-refractivity contribution >= 4 is 23.9 Å². The lowest BCUT2D eigenvalue weighted by molar-refractivity contribution is -0.167. The second-order valence-corrected chi connectivity index (χ2v) is 13.7. The molecule has 0 aliphatic rings. The number of hydrogen-bond donors (Lipinski definition) is 0. The van der Waals surface area contributed by atoms with Crippen molar-refractivity contribution in [1.82, 2.24) is 9.55 Å². The topological polar surface area (TPSA) is 123 Å². The second-order valence-electron chi connectivity index (χ2n) is 13.7. The van der Waals surface area contributed by atoms with Crippen molar-refractivity contribution in [3.05, 3.63) is 109 Å². The van der Waals surface area contributed by atoms with Crippen molar-refractivity contribution in [3.8, 4) is 17.0 Å². The number of benzene rings is 3. The van der Waals surface area contributed by atoms with Gasteiger partial charge in [0.05, 0.1) is 31.4 Å². The van der Waals surface area contributed by atoms with Gasteiger partial charge in [-0.3, -0.25) is 23.7 Å². The van der Waals surface area contributed by atoms with E-state index in [2.05, 4.69) is 43.1 Å². The fourth-order valence-electron chi connectivity index (χ4n) is 6.20. The molecule has 0 amide bonds. The Hall–Kier alpha value is -5.25. The first-order valence-corrected chi connectivity index (χ1v) is 19.8. The van der Waals surface area contributed by atoms with Crippen LogP contribution in [0.15, 0.2) is 97.5 Å². The third-order valence-electron chi connectivity index (χ3n) is 9.24. The van der Waals surface area contributed by atoms with Gasteiger partial charge in [0, 0.05) is 12.8 Å². The molecular weight excluding hydrogens is 697 g/mol. The molecule has 0 aliphatic heterocycles. The van der Waals surface area contributed by atoms with Crippen molar-refractivity contribution in [2.45, 2.75) is 116 Å². The fourth-order valence-corrected chi connectivity index (χ4v) is 6.20. The van der Waals surface area contributed by atoms with Gasteiger partial charge in [-0.2, -0.15) is 0 Å². The molecule has 0 saturated carbocycles. The van der Waals surface area contributed by atoms with Gasteiger partial charge in [0.15, 0.2) is 6.10 Å². The Morgan fingerprint density at radius 1 is 0.564 bits per heavy atom. The summed E-state index contributed by atoms with van der Waals surface area (Å²) in [6.07, 6.45) is 11.9. The molecule has 0 N–H and O–H groups in total. The number of imidazole rings is 1. The molecule has 1 atom stereocenters. The molecule has 4 rings (SSSR count). The number of carbonyl (C=O) groups excluding carboxylic acids is 4. The van der Waals surface area contributed by atoms with Crippen LogP contribution in [0.5, 0.6) is 5.88 Å². The zero-order chi connectivity index (χ0) is 39.1. The highest BCUT2D eigenvalue weighted by Crippen LogP contribution is 2.32. The number of hydrogen-bond acceptors (Lipinski definition) is 9. The van der Waals surface area contributed by atoms with Crippen LogP contribution in [0.25, 0.3) is 11.1 Å². The van der Waals surface area contributed by atoms with Gasteiger partial charge in [-0.25, -0.2) is 4.98 Å². The molecule has 1 heterocycles. The van der Waals surface area contributed by atoms with E-state index < -0.39 is 30.0 Å². The van der Waals surface area contributed by atoms with Gasteiger partial charge in [-0.05, 0) is 35.1 Å². The maximum absolute atomic E-state index is 13.1. The molecule has 3 aromatic carbocycles. The largest absolute Gasteiger partial charge is 0.462 e. The Morgan fingerprint density at radius 3 is 1.65 bits per heavy atom. The van der Waals surface area contributed by atoms with E-state index in [1.807, 2.05) is 60.7 Å². The van der Waals surface area contributed by atoms with E-state index in [9.17, 15) is 19.2 Å². The second kappa shape index (κ2) is 24.2. The molecule has 0 aliphatic carbocycles. The lowest BCUT2D eigenvalue weighted by Gasteiger charge is -2.22. The lowest BCUT2D eigenvalue weighted by atomic mass is 9.96. The normalized spacial score (nSPS) is 11.5. The summed E-state index contributed by atoms with van der Waals surface area (Å²) in [5.74, 6) is -1.94. The predicted molar refractivity (Wildman–Crippen MR) is 211 cm³/mol. The highest BCUT2D eigenvalue weighted by molar-refractivity contribution is 5.79. The van der Waals surface area contributed by atoms with E-state index in [1.54, 1.807) is 10.9 Å². The molecule has 294 valence electrons. The van der Waals surface area contributed by atoms with Crippen LogP contribution in [-0.2, 0) is 33.4 Å². The van der Waals surface area contributed by atoms with Crippen LogP contribution >= 0.6 is 0 Å². The highest BCUT2D eigenvalue weighted by atomic mass is 16.6. The lowest BCUT2D eigenvalue weighted by Crippen LogP contribution is -2.31. The molecule has 4 aromatic rings. The molecule has 0 radical (unpaired) electrons. The summed E-state index contributed by atoms with van der Waals surface area (Å²) in [4.78, 5) is 55.1. The van der Waals surface area contributed by atoms with Gasteiger partial charge in [0.1, 0.15) is 13.2 Å². The molecule has 0 saturated heterocycles. The van der Waals surface area contributed by atoms with E-state index in [0.717, 1.165) is 73.6 Å². The quantitative estimate of drug-likeness (QED) is 0.0370. The average Bonchev–Trinajstić information content (AvgIpc) is 3.66. The Morgan fingerprint density at radius 2 is 1.07 bits per heavy atom. The fraction of sp³-hybridized carbons (Fsp3) is 0.444. The van der Waals surface area contributed by atoms with Crippen molar-refractivity contribution in [3.63, 3.8) is 0 Å². The zero-order valence-corrected chi connectivity index (χ0v) is 32.4. The van der Waals surface area contributed by atoms with Gasteiger partial charge >= 0.3 is 23.9 Å². The van der Waals surface area contributed by atoms with Crippen LogP contribution in [-0.4, -0.2) is 52.7 Å². The Kier molecular flexibility index (Phi) is 18.7. The summed E-state index contributed by atoms with van der Waals surface area (Å²) >= 11 is 0. The van der Waals surface area contributed by atoms with Crippen molar-refractivity contribution in [2.75, 3.05) is 13.2 Å². The molecule has 55 heavy (non-hydrogen) atoms. The highest BCUT2D eigenvalue weighted by Gasteiger charge is 2.23. The summed E-state index contributed by atoms with van der Waals surface area (Å²) in [5, 5.41) is 0. The minimum absolute atomic E-state index is 0.223. The first-order chi connectivity index (χ1) is 26.9. The molecule has 0 bridgehead atoms. The summed E-state index contributed by atoms with van der Waals surface area (Å²) in [5.41, 5.74) is 4.12. The standard InChI is InChI=1S/C45H56N2O8/c1-3-5-7-9-17-23-41(48)52-32-39(33-53-42(49)24-18-10-8-6-4-2)54-43(50)29-30-44(51)55-40-31-46-34-47(40)45(37-21-15-12-16-22-37)38-27-25-36(26-28-38)35-19-13-11-14-20-35/h11-16,19-22,25-28,31,34,39,45H,3-10,17-18,23-24,29-30,32-33H2,1-2H3. The van der Waals surface area contributed by atoms with Gasteiger partial charge in [-0.15, -0.1) is 0 Å². The number of nitrogens with zero attached hydrogens (tertiary/aromatic N) is 2. The first-order valence-electron chi connectivity index (χ1n) is 19.8. The summed E-state index contributed by atoms with van der Waals surface area (Å²) in [6, 6.07) is 27.8. The van der Waals surface area contributed by atoms with Gasteiger partial charge in [0.25, 0.3) is 0 Å². The van der Waals surface area contributed by atoms with Crippen LogP contribution < -0.4 is 4.74 Å². The average molecular weight is 753 g/mol. The molecule has 0 fully saturated rings. The maximum atomic E-state index is 13.1. The Labute approximate surface area is 325 Å². The summed E-state index contributed by atoms with van der Waals surface area (Å²) in [7, 11) is 0. The number of rotatable bonds is 25. The molecular formula is C45H56N2O8. The monoisotopic (exact) mass is 752 g/mol. The Balaban J connectivity index is 1.34. The molecule has 10 heteroatoms. The maximum Gasteiger partial charge on any atom is 0.313 e. The minimum Gasteiger partial charge on any atom is -0.462 e. The van der Waals surface area contributed by atoms with Crippen molar-refractivity contribution in [2.24, 2.45) is 0 Å². The third kappa shape index (κ3) is 15.2. The van der Waals surface area contributed by atoms with Crippen LogP contribution in [0.3, 0.4) is 0 Å². The number of ether oxygens (including phenoxy) is 4. The molecule has 10 nitrogen and oxygen atoms in total. The van der Waals surface area contributed by atoms with E-state index in [4.69, 9.17) is 18.9 Å². The zero-order valence-electron chi connectivity index (χ0n) is 32.4. The van der Waals surface area contributed by atoms with E-state index >= 15 is 0 Å². The number of aromatic nitrogens is 2. The number of esters is 4. The summed E-state index contributed by atoms with van der Waals surface area (Å²) in [6.45, 7) is 3.76. The van der Waals surface area contributed by atoms with Gasteiger partial charge in [0.2, 0.25) is 5.88 Å². The van der Waals surface area contributed by atoms with E-state index in [-0.39, 0.29) is 50.8 Å². The SMILES string of the molecule is CCCCCCCC(=O)OCC(COC(=O)CCCCCCC)OC(=O)CCC(=O)Oc1cncn1C(c1ccccc1)c1ccc(-c2ccccc2)cc1. The third-order valence-corrected chi connectivity index (χ3v) is 9.24. The van der Waals surface area contributed by atoms with Crippen LogP contribution in [0, 0.1) is 0 Å². The first kappa shape index (κ1) is 42.5.